The normalized spacial score (nSPS) is 11.4. The van der Waals surface area contributed by atoms with E-state index in [0.29, 0.717) is 20.3 Å². The molecule has 18 heavy (non-hydrogen) atoms. The number of halogens is 2. The fourth-order valence-electron chi connectivity index (χ4n) is 1.27. The summed E-state index contributed by atoms with van der Waals surface area (Å²) in [5.74, 6) is 0. The third kappa shape index (κ3) is 2.68. The van der Waals surface area contributed by atoms with Crippen molar-refractivity contribution >= 4 is 53.3 Å². The summed E-state index contributed by atoms with van der Waals surface area (Å²) in [6.45, 7) is 0. The highest BCUT2D eigenvalue weighted by molar-refractivity contribution is 9.11. The van der Waals surface area contributed by atoms with Crippen molar-refractivity contribution in [3.05, 3.63) is 33.6 Å². The van der Waals surface area contributed by atoms with Crippen LogP contribution in [-0.4, -0.2) is 18.4 Å². The number of hydrogen-bond acceptors (Lipinski definition) is 4. The number of hydrogen-bond donors (Lipinski definition) is 3. The number of anilines is 2. The molecule has 0 spiro atoms. The van der Waals surface area contributed by atoms with E-state index in [9.17, 15) is 8.42 Å². The molecule has 0 aliphatic rings. The number of sulfonamides is 1. The molecule has 9 heteroatoms. The summed E-state index contributed by atoms with van der Waals surface area (Å²) in [4.78, 5) is 6.20. The lowest BCUT2D eigenvalue weighted by Gasteiger charge is -2.11. The summed E-state index contributed by atoms with van der Waals surface area (Å²) < 4.78 is 27.5. The van der Waals surface area contributed by atoms with Gasteiger partial charge in [-0.25, -0.2) is 4.98 Å². The second kappa shape index (κ2) is 4.90. The first-order valence-electron chi connectivity index (χ1n) is 4.66. The number of aromatic amines is 1. The Balaban J connectivity index is 2.42. The monoisotopic (exact) mass is 394 g/mol. The van der Waals surface area contributed by atoms with Crippen molar-refractivity contribution in [1.29, 1.82) is 0 Å². The molecule has 0 unspecified atom stereocenters. The summed E-state index contributed by atoms with van der Waals surface area (Å²) in [6, 6.07) is 3.21. The van der Waals surface area contributed by atoms with Crippen molar-refractivity contribution in [2.24, 2.45) is 0 Å². The number of benzene rings is 1. The van der Waals surface area contributed by atoms with Gasteiger partial charge >= 0.3 is 0 Å². The van der Waals surface area contributed by atoms with Gasteiger partial charge in [0.2, 0.25) is 0 Å². The smallest absolute Gasteiger partial charge is 0.279 e. The molecule has 2 aromatic rings. The first-order valence-corrected chi connectivity index (χ1v) is 7.73. The first kappa shape index (κ1) is 13.4. The van der Waals surface area contributed by atoms with Crippen LogP contribution >= 0.6 is 31.9 Å². The van der Waals surface area contributed by atoms with Crippen LogP contribution in [0.25, 0.3) is 0 Å². The summed E-state index contributed by atoms with van der Waals surface area (Å²) in [7, 11) is -3.70. The number of nitrogens with zero attached hydrogens (tertiary/aromatic N) is 1. The molecule has 4 N–H and O–H groups in total. The Morgan fingerprint density at radius 3 is 2.39 bits per heavy atom. The largest absolute Gasteiger partial charge is 0.399 e. The summed E-state index contributed by atoms with van der Waals surface area (Å²) in [5, 5.41) is -0.0156. The number of nitrogen functional groups attached to an aromatic ring is 1. The predicted molar refractivity (Wildman–Crippen MR) is 75.7 cm³/mol. The van der Waals surface area contributed by atoms with Gasteiger partial charge in [0.25, 0.3) is 10.0 Å². The summed E-state index contributed by atoms with van der Waals surface area (Å²) in [5.41, 5.74) is 6.52. The standard InChI is InChI=1S/C9H8Br2N4O2S/c10-6-1-5(12)2-7(11)9(6)15-18(16,17)8-3-13-4-14-8/h1-4,15H,12H2,(H,13,14). The lowest BCUT2D eigenvalue weighted by atomic mass is 10.3. The zero-order valence-corrected chi connectivity index (χ0v) is 12.8. The lowest BCUT2D eigenvalue weighted by molar-refractivity contribution is 0.598. The van der Waals surface area contributed by atoms with E-state index < -0.39 is 10.0 Å². The minimum absolute atomic E-state index is 0.0156. The molecule has 0 fully saturated rings. The van der Waals surface area contributed by atoms with Crippen molar-refractivity contribution in [3.63, 3.8) is 0 Å². The maximum Gasteiger partial charge on any atom is 0.279 e. The molecule has 0 saturated carbocycles. The fourth-order valence-corrected chi connectivity index (χ4v) is 3.96. The molecule has 6 nitrogen and oxygen atoms in total. The van der Waals surface area contributed by atoms with E-state index in [-0.39, 0.29) is 5.03 Å². The van der Waals surface area contributed by atoms with E-state index in [2.05, 4.69) is 46.5 Å². The van der Waals surface area contributed by atoms with E-state index in [0.717, 1.165) is 0 Å². The van der Waals surface area contributed by atoms with E-state index in [1.54, 1.807) is 12.1 Å². The topological polar surface area (TPSA) is 101 Å². The second-order valence-electron chi connectivity index (χ2n) is 3.38. The average Bonchev–Trinajstić information content (AvgIpc) is 2.77. The number of H-pyrrole nitrogens is 1. The highest BCUT2D eigenvalue weighted by atomic mass is 79.9. The zero-order chi connectivity index (χ0) is 13.3. The van der Waals surface area contributed by atoms with Gasteiger partial charge in [0, 0.05) is 14.6 Å². The van der Waals surface area contributed by atoms with Gasteiger partial charge in [0.15, 0.2) is 5.03 Å². The van der Waals surface area contributed by atoms with Crippen LogP contribution in [0.4, 0.5) is 11.4 Å². The van der Waals surface area contributed by atoms with Crippen molar-refractivity contribution in [2.75, 3.05) is 10.5 Å². The summed E-state index contributed by atoms with van der Waals surface area (Å²) >= 11 is 6.50. The number of aromatic nitrogens is 2. The van der Waals surface area contributed by atoms with Gasteiger partial charge in [0.05, 0.1) is 18.2 Å². The van der Waals surface area contributed by atoms with Gasteiger partial charge in [-0.15, -0.1) is 0 Å². The van der Waals surface area contributed by atoms with Crippen LogP contribution in [0, 0.1) is 0 Å². The van der Waals surface area contributed by atoms with Gasteiger partial charge in [-0.2, -0.15) is 8.42 Å². The molecule has 0 aliphatic heterocycles. The van der Waals surface area contributed by atoms with Crippen LogP contribution in [0.1, 0.15) is 0 Å². The van der Waals surface area contributed by atoms with Crippen LogP contribution in [0.5, 0.6) is 0 Å². The maximum atomic E-state index is 12.0. The number of nitrogens with one attached hydrogen (secondary N) is 2. The van der Waals surface area contributed by atoms with Crippen molar-refractivity contribution in [3.8, 4) is 0 Å². The highest BCUT2D eigenvalue weighted by Gasteiger charge is 2.18. The van der Waals surface area contributed by atoms with Gasteiger partial charge in [0.1, 0.15) is 0 Å². The molecule has 1 aromatic heterocycles. The third-order valence-electron chi connectivity index (χ3n) is 2.06. The Morgan fingerprint density at radius 1 is 1.28 bits per heavy atom. The van der Waals surface area contributed by atoms with E-state index >= 15 is 0 Å². The van der Waals surface area contributed by atoms with Crippen LogP contribution in [0.15, 0.2) is 38.6 Å². The Labute approximate surface area is 120 Å². The van der Waals surface area contributed by atoms with E-state index in [1.165, 1.54) is 12.5 Å². The molecule has 0 radical (unpaired) electrons. The number of rotatable bonds is 3. The fraction of sp³-hybridized carbons (Fsp3) is 0. The summed E-state index contributed by atoms with van der Waals surface area (Å²) in [6.07, 6.45) is 2.52. The van der Waals surface area contributed by atoms with Gasteiger partial charge in [-0.1, -0.05) is 0 Å². The van der Waals surface area contributed by atoms with Crippen LogP contribution in [0.2, 0.25) is 0 Å². The molecular weight excluding hydrogens is 388 g/mol. The van der Waals surface area contributed by atoms with Crippen LogP contribution < -0.4 is 10.5 Å². The molecule has 1 aromatic carbocycles. The van der Waals surface area contributed by atoms with Crippen LogP contribution in [-0.2, 0) is 10.0 Å². The molecule has 0 aliphatic carbocycles. The molecule has 2 rings (SSSR count). The maximum absolute atomic E-state index is 12.0. The second-order valence-corrected chi connectivity index (χ2v) is 6.74. The minimum Gasteiger partial charge on any atom is -0.399 e. The predicted octanol–water partition coefficient (Wildman–Crippen LogP) is 2.32. The SMILES string of the molecule is Nc1cc(Br)c(NS(=O)(=O)c2cnc[nH]2)c(Br)c1. The van der Waals surface area contributed by atoms with Crippen LogP contribution in [0.3, 0.4) is 0 Å². The van der Waals surface area contributed by atoms with E-state index in [4.69, 9.17) is 5.73 Å². The Bertz CT molecular complexity index is 647. The molecular formula is C9H8Br2N4O2S. The molecule has 1 heterocycles. The minimum atomic E-state index is -3.70. The molecule has 0 amide bonds. The van der Waals surface area contributed by atoms with Crippen molar-refractivity contribution < 1.29 is 8.42 Å². The first-order chi connectivity index (χ1) is 8.40. The van der Waals surface area contributed by atoms with Crippen molar-refractivity contribution in [2.45, 2.75) is 5.03 Å². The third-order valence-corrected chi connectivity index (χ3v) is 4.59. The molecule has 96 valence electrons. The highest BCUT2D eigenvalue weighted by Crippen LogP contribution is 2.34. The van der Waals surface area contributed by atoms with Gasteiger partial charge < -0.3 is 10.7 Å². The molecule has 0 atom stereocenters. The zero-order valence-electron chi connectivity index (χ0n) is 8.81. The Morgan fingerprint density at radius 2 is 1.89 bits per heavy atom. The Hall–Kier alpha value is -1.06. The number of imidazole rings is 1. The lowest BCUT2D eigenvalue weighted by Crippen LogP contribution is -2.14. The molecule has 0 saturated heterocycles. The number of nitrogens with two attached hydrogens (primary N) is 1. The van der Waals surface area contributed by atoms with Crippen molar-refractivity contribution in [1.82, 2.24) is 9.97 Å². The molecule has 0 bridgehead atoms. The van der Waals surface area contributed by atoms with E-state index in [1.807, 2.05) is 0 Å². The average molecular weight is 396 g/mol. The van der Waals surface area contributed by atoms with Gasteiger partial charge in [-0.3, -0.25) is 4.72 Å². The Kier molecular flexibility index (Phi) is 3.64. The van der Waals surface area contributed by atoms with Gasteiger partial charge in [-0.05, 0) is 44.0 Å². The quantitative estimate of drug-likeness (QED) is 0.694.